The van der Waals surface area contributed by atoms with Gasteiger partial charge in [0.2, 0.25) is 0 Å². The summed E-state index contributed by atoms with van der Waals surface area (Å²) in [6.45, 7) is 1.96. The molecule has 0 aliphatic rings. The standard InChI is InChI=1S/C7H8ClN.ClH.H2O/c1-5-6(8)3-2-4-7(5)9;;/h2-4H,9H2,1H3;1H;1H2. The first-order valence-corrected chi connectivity index (χ1v) is 3.16. The van der Waals surface area contributed by atoms with Gasteiger partial charge in [-0.15, -0.1) is 0 Å². The molecule has 0 atom stereocenters. The van der Waals surface area contributed by atoms with E-state index in [0.717, 1.165) is 16.3 Å². The van der Waals surface area contributed by atoms with Crippen molar-refractivity contribution in [1.82, 2.24) is 0 Å². The van der Waals surface area contributed by atoms with Crippen LogP contribution in [0.15, 0.2) is 18.2 Å². The highest BCUT2D eigenvalue weighted by Crippen LogP contribution is 2.18. The molecule has 0 saturated heterocycles. The highest BCUT2D eigenvalue weighted by molar-refractivity contribution is 6.31. The van der Waals surface area contributed by atoms with Crippen molar-refractivity contribution in [3.63, 3.8) is 0 Å². The molecule has 4 heteroatoms. The summed E-state index contributed by atoms with van der Waals surface area (Å²) >= 11 is 5.77. The van der Waals surface area contributed by atoms with Gasteiger partial charge in [0.15, 0.2) is 0 Å². The van der Waals surface area contributed by atoms with E-state index in [0.29, 0.717) is 0 Å². The van der Waals surface area contributed by atoms with E-state index in [2.05, 4.69) is 5.73 Å². The van der Waals surface area contributed by atoms with E-state index in [1.165, 1.54) is 0 Å². The molecule has 1 aromatic carbocycles. The Morgan fingerprint density at radius 3 is 2.27 bits per heavy atom. The molecule has 1 rings (SSSR count). The van der Waals surface area contributed by atoms with Gasteiger partial charge in [-0.3, -0.25) is 0 Å². The van der Waals surface area contributed by atoms with Gasteiger partial charge in [0.1, 0.15) is 5.69 Å². The van der Waals surface area contributed by atoms with Crippen molar-refractivity contribution < 1.29 is 23.6 Å². The van der Waals surface area contributed by atoms with Crippen molar-refractivity contribution >= 4 is 17.3 Å². The number of halogens is 2. The lowest BCUT2D eigenvalue weighted by atomic mass is 10.2. The third-order valence-electron chi connectivity index (χ3n) is 1.38. The molecule has 11 heavy (non-hydrogen) atoms. The normalized spacial score (nSPS) is 7.91. The molecule has 0 spiro atoms. The van der Waals surface area contributed by atoms with Crippen LogP contribution in [0.25, 0.3) is 0 Å². The third kappa shape index (κ3) is 3.08. The second-order valence-corrected chi connectivity index (χ2v) is 2.43. The van der Waals surface area contributed by atoms with Crippen molar-refractivity contribution in [2.45, 2.75) is 6.92 Å². The van der Waals surface area contributed by atoms with Crippen LogP contribution in [0.3, 0.4) is 0 Å². The minimum atomic E-state index is 0. The molecular formula is C7H11Cl2NO. The Kier molecular flexibility index (Phi) is 6.52. The van der Waals surface area contributed by atoms with Crippen molar-refractivity contribution in [2.24, 2.45) is 0 Å². The molecule has 64 valence electrons. The van der Waals surface area contributed by atoms with Crippen LogP contribution in [-0.4, -0.2) is 5.48 Å². The average molecular weight is 196 g/mol. The fraction of sp³-hybridized carbons (Fsp3) is 0.143. The van der Waals surface area contributed by atoms with E-state index >= 15 is 0 Å². The topological polar surface area (TPSA) is 59.1 Å². The minimum Gasteiger partial charge on any atom is -1.00 e. The van der Waals surface area contributed by atoms with Gasteiger partial charge in [-0.2, -0.15) is 0 Å². The maximum atomic E-state index is 5.77. The molecule has 5 N–H and O–H groups in total. The molecule has 2 nitrogen and oxygen atoms in total. The summed E-state index contributed by atoms with van der Waals surface area (Å²) in [6.07, 6.45) is 0. The molecule has 0 amide bonds. The zero-order valence-corrected chi connectivity index (χ0v) is 7.71. The molecule has 1 aromatic rings. The number of rotatable bonds is 0. The van der Waals surface area contributed by atoms with Crippen molar-refractivity contribution in [3.05, 3.63) is 28.8 Å². The van der Waals surface area contributed by atoms with E-state index in [9.17, 15) is 0 Å². The first-order valence-electron chi connectivity index (χ1n) is 2.79. The number of benzene rings is 1. The van der Waals surface area contributed by atoms with Crippen LogP contribution >= 0.6 is 11.6 Å². The summed E-state index contributed by atoms with van der Waals surface area (Å²) in [5.74, 6) is 0. The van der Waals surface area contributed by atoms with Gasteiger partial charge < -0.3 is 23.6 Å². The van der Waals surface area contributed by atoms with Gasteiger partial charge in [0.25, 0.3) is 0 Å². The molecular weight excluding hydrogens is 185 g/mol. The lowest BCUT2D eigenvalue weighted by Crippen LogP contribution is -3.00. The van der Waals surface area contributed by atoms with Crippen LogP contribution in [-0.2, 0) is 0 Å². The Bertz CT molecular complexity index is 207. The van der Waals surface area contributed by atoms with E-state index < -0.39 is 0 Å². The first kappa shape index (κ1) is 13.3. The molecule has 0 heterocycles. The van der Waals surface area contributed by atoms with Crippen LogP contribution in [0, 0.1) is 6.92 Å². The van der Waals surface area contributed by atoms with Gasteiger partial charge in [-0.1, -0.05) is 17.7 Å². The first-order chi connectivity index (χ1) is 4.22. The van der Waals surface area contributed by atoms with Crippen molar-refractivity contribution in [2.75, 3.05) is 0 Å². The second-order valence-electron chi connectivity index (χ2n) is 2.02. The second kappa shape index (κ2) is 5.38. The predicted molar refractivity (Wildman–Crippen MR) is 42.4 cm³/mol. The SMILES string of the molecule is Cc1c([NH3+])cccc1Cl.O.[Cl-]. The maximum Gasteiger partial charge on any atom is 0.132 e. The summed E-state index contributed by atoms with van der Waals surface area (Å²) in [5, 5.41) is 0.794. The van der Waals surface area contributed by atoms with Crippen molar-refractivity contribution in [1.29, 1.82) is 0 Å². The average Bonchev–Trinajstić information content (AvgIpc) is 1.83. The minimum absolute atomic E-state index is 0. The summed E-state index contributed by atoms with van der Waals surface area (Å²) in [5.41, 5.74) is 5.87. The summed E-state index contributed by atoms with van der Waals surface area (Å²) in [7, 11) is 0. The smallest absolute Gasteiger partial charge is 0.132 e. The molecule has 0 bridgehead atoms. The van der Waals surface area contributed by atoms with Crippen LogP contribution in [0.1, 0.15) is 5.56 Å². The lowest BCUT2D eigenvalue weighted by molar-refractivity contribution is -0.255. The van der Waals surface area contributed by atoms with Crippen LogP contribution in [0.4, 0.5) is 5.69 Å². The van der Waals surface area contributed by atoms with Gasteiger partial charge in [-0.05, 0) is 19.1 Å². The fourth-order valence-corrected chi connectivity index (χ4v) is 0.846. The van der Waals surface area contributed by atoms with Gasteiger partial charge in [0.05, 0.1) is 0 Å². The zero-order chi connectivity index (χ0) is 6.85. The maximum absolute atomic E-state index is 5.77. The van der Waals surface area contributed by atoms with Gasteiger partial charge in [0, 0.05) is 10.6 Å². The Morgan fingerprint density at radius 2 is 1.91 bits per heavy atom. The highest BCUT2D eigenvalue weighted by atomic mass is 35.5. The largest absolute Gasteiger partial charge is 1.00 e. The molecule has 0 unspecified atom stereocenters. The van der Waals surface area contributed by atoms with Crippen LogP contribution < -0.4 is 18.1 Å². The Hall–Kier alpha value is -0.280. The monoisotopic (exact) mass is 195 g/mol. The van der Waals surface area contributed by atoms with E-state index in [1.807, 2.05) is 25.1 Å². The molecule has 0 saturated carbocycles. The Balaban J connectivity index is 0. The Morgan fingerprint density at radius 1 is 1.36 bits per heavy atom. The predicted octanol–water partition coefficient (Wildman–Crippen LogP) is -2.30. The number of hydrogen-bond acceptors (Lipinski definition) is 0. The summed E-state index contributed by atoms with van der Waals surface area (Å²) in [6, 6.07) is 5.71. The molecule has 0 radical (unpaired) electrons. The molecule has 0 aromatic heterocycles. The van der Waals surface area contributed by atoms with Gasteiger partial charge in [-0.25, -0.2) is 0 Å². The fourth-order valence-electron chi connectivity index (χ4n) is 0.652. The molecule has 0 aliphatic carbocycles. The third-order valence-corrected chi connectivity index (χ3v) is 1.79. The van der Waals surface area contributed by atoms with Crippen molar-refractivity contribution in [3.8, 4) is 0 Å². The summed E-state index contributed by atoms with van der Waals surface area (Å²) in [4.78, 5) is 0. The lowest BCUT2D eigenvalue weighted by Gasteiger charge is -1.95. The van der Waals surface area contributed by atoms with Crippen LogP contribution in [0.5, 0.6) is 0 Å². The van der Waals surface area contributed by atoms with Crippen LogP contribution in [0.2, 0.25) is 5.02 Å². The van der Waals surface area contributed by atoms with E-state index in [4.69, 9.17) is 11.6 Å². The summed E-state index contributed by atoms with van der Waals surface area (Å²) < 4.78 is 0. The zero-order valence-electron chi connectivity index (χ0n) is 6.20. The quantitative estimate of drug-likeness (QED) is 0.485. The van der Waals surface area contributed by atoms with E-state index in [1.54, 1.807) is 0 Å². The van der Waals surface area contributed by atoms with E-state index in [-0.39, 0.29) is 17.9 Å². The Labute approximate surface area is 77.1 Å². The molecule has 0 aliphatic heterocycles. The highest BCUT2D eigenvalue weighted by Gasteiger charge is 1.98. The van der Waals surface area contributed by atoms with Gasteiger partial charge >= 0.3 is 0 Å². The molecule has 0 fully saturated rings. The number of hydrogen-bond donors (Lipinski definition) is 1. The number of quaternary nitrogens is 1.